The molecule has 0 fully saturated rings. The molecule has 1 atom stereocenters. The van der Waals surface area contributed by atoms with Crippen LogP contribution in [0.3, 0.4) is 0 Å². The van der Waals surface area contributed by atoms with Crippen molar-refractivity contribution in [2.24, 2.45) is 7.05 Å². The highest BCUT2D eigenvalue weighted by atomic mass is 32.2. The third-order valence-electron chi connectivity index (χ3n) is 4.38. The first-order valence-electron chi connectivity index (χ1n) is 10.00. The summed E-state index contributed by atoms with van der Waals surface area (Å²) in [5.74, 6) is 0.531. The normalized spacial score (nSPS) is 12.4. The van der Waals surface area contributed by atoms with Crippen molar-refractivity contribution in [3.05, 3.63) is 60.3 Å². The number of sulfone groups is 1. The van der Waals surface area contributed by atoms with Gasteiger partial charge in [-0.25, -0.2) is 8.42 Å². The minimum Gasteiger partial charge on any atom is -0.488 e. The molecule has 0 saturated heterocycles. The molecule has 0 radical (unpaired) electrons. The summed E-state index contributed by atoms with van der Waals surface area (Å²) in [7, 11) is -1.67. The topological polar surface area (TPSA) is 109 Å². The minimum atomic E-state index is -3.37. The second kappa shape index (κ2) is 10.6. The van der Waals surface area contributed by atoms with Gasteiger partial charge in [0.2, 0.25) is 0 Å². The molecule has 0 aliphatic carbocycles. The third kappa shape index (κ3) is 7.25. The molecule has 3 aromatic rings. The zero-order chi connectivity index (χ0) is 24.9. The Morgan fingerprint density at radius 2 is 1.76 bits per heavy atom. The van der Waals surface area contributed by atoms with Gasteiger partial charge in [-0.1, -0.05) is 0 Å². The maximum absolute atomic E-state index is 12.8. The molecule has 1 N–H and O–H groups in total. The molecule has 0 unspecified atom stereocenters. The number of amides is 1. The first kappa shape index (κ1) is 25.1. The monoisotopic (exact) mass is 495 g/mol. The van der Waals surface area contributed by atoms with Crippen LogP contribution in [-0.4, -0.2) is 49.7 Å². The molecule has 1 aromatic heterocycles. The minimum absolute atomic E-state index is 0.125. The van der Waals surface area contributed by atoms with Crippen LogP contribution < -0.4 is 14.8 Å². The molecule has 0 bridgehead atoms. The fourth-order valence-electron chi connectivity index (χ4n) is 2.87. The largest absolute Gasteiger partial charge is 0.488 e. The van der Waals surface area contributed by atoms with Crippen LogP contribution in [-0.2, 0) is 21.6 Å². The van der Waals surface area contributed by atoms with Gasteiger partial charge in [0, 0.05) is 37.2 Å². The van der Waals surface area contributed by atoms with Crippen molar-refractivity contribution in [2.45, 2.75) is 24.5 Å². The summed E-state index contributed by atoms with van der Waals surface area (Å²) in [5, 5.41) is 6.73. The Morgan fingerprint density at radius 1 is 1.09 bits per heavy atom. The lowest BCUT2D eigenvalue weighted by Gasteiger charge is -2.17. The van der Waals surface area contributed by atoms with E-state index in [1.54, 1.807) is 19.3 Å². The van der Waals surface area contributed by atoms with Gasteiger partial charge in [-0.15, -0.1) is 0 Å². The summed E-state index contributed by atoms with van der Waals surface area (Å²) in [6.45, 7) is -1.77. The van der Waals surface area contributed by atoms with Crippen molar-refractivity contribution in [2.75, 3.05) is 18.2 Å². The highest BCUT2D eigenvalue weighted by Crippen LogP contribution is 2.29. The second-order valence-electron chi connectivity index (χ2n) is 7.39. The number of aryl methyl sites for hydroxylation is 1. The van der Waals surface area contributed by atoms with Crippen LogP contribution in [0.1, 0.15) is 17.3 Å². The van der Waals surface area contributed by atoms with Crippen molar-refractivity contribution >= 4 is 21.6 Å². The van der Waals surface area contributed by atoms with Crippen LogP contribution in [0.15, 0.2) is 59.6 Å². The Hall–Kier alpha value is -3.51. The second-order valence-corrected chi connectivity index (χ2v) is 9.41. The molecule has 0 aliphatic heterocycles. The highest BCUT2D eigenvalue weighted by molar-refractivity contribution is 7.90. The Labute approximate surface area is 195 Å². The number of nitrogens with zero attached hydrogens (tertiary/aromatic N) is 2. The SMILES string of the molecule is C[C@@H](COC(F)F)Oc1cc(Oc2ccc(S(C)(=O)=O)cc2)cc(C(=O)Nc2ccn(C)n2)c1. The molecule has 1 amide bonds. The van der Waals surface area contributed by atoms with Gasteiger partial charge < -0.3 is 19.5 Å². The molecule has 0 spiro atoms. The van der Waals surface area contributed by atoms with E-state index in [2.05, 4.69) is 15.2 Å². The predicted octanol–water partition coefficient (Wildman–Crippen LogP) is 3.87. The molecule has 1 heterocycles. The Kier molecular flexibility index (Phi) is 7.84. The summed E-state index contributed by atoms with van der Waals surface area (Å²) in [6.07, 6.45) is 2.01. The average molecular weight is 496 g/mol. The number of benzene rings is 2. The van der Waals surface area contributed by atoms with Crippen LogP contribution in [0.25, 0.3) is 0 Å². The number of rotatable bonds is 10. The Morgan fingerprint density at radius 3 is 2.35 bits per heavy atom. The average Bonchev–Trinajstić information content (AvgIpc) is 3.16. The van der Waals surface area contributed by atoms with Crippen LogP contribution in [0, 0.1) is 0 Å². The Bertz CT molecular complexity index is 1250. The first-order valence-corrected chi connectivity index (χ1v) is 11.9. The van der Waals surface area contributed by atoms with E-state index in [1.807, 2.05) is 0 Å². The number of nitrogens with one attached hydrogen (secondary N) is 1. The molecule has 0 aliphatic rings. The van der Waals surface area contributed by atoms with Crippen molar-refractivity contribution in [1.82, 2.24) is 9.78 Å². The van der Waals surface area contributed by atoms with Gasteiger partial charge in [-0.3, -0.25) is 9.48 Å². The van der Waals surface area contributed by atoms with Crippen LogP contribution in [0.4, 0.5) is 14.6 Å². The number of hydrogen-bond acceptors (Lipinski definition) is 7. The van der Waals surface area contributed by atoms with Crippen LogP contribution in [0.2, 0.25) is 0 Å². The Balaban J connectivity index is 1.85. The number of carbonyl (C=O) groups is 1. The number of halogens is 2. The van der Waals surface area contributed by atoms with E-state index in [0.29, 0.717) is 11.6 Å². The fraction of sp³-hybridized carbons (Fsp3) is 0.273. The number of carbonyl (C=O) groups excluding carboxylic acids is 1. The zero-order valence-corrected chi connectivity index (χ0v) is 19.4. The standard InChI is InChI=1S/C22H23F2N3O6S/c1-14(13-31-22(23)24)32-17-10-15(21(28)25-20-8-9-27(2)26-20)11-18(12-17)33-16-4-6-19(7-5-16)34(3,29)30/h4-12,14,22H,13H2,1-3H3,(H,25,26,28)/t14-/m0/s1. The molecule has 34 heavy (non-hydrogen) atoms. The third-order valence-corrected chi connectivity index (χ3v) is 5.51. The van der Waals surface area contributed by atoms with Crippen LogP contribution >= 0.6 is 0 Å². The molecule has 0 saturated carbocycles. The molecule has 3 rings (SSSR count). The molecule has 2 aromatic carbocycles. The molecule has 9 nitrogen and oxygen atoms in total. The molecular weight excluding hydrogens is 472 g/mol. The van der Waals surface area contributed by atoms with Crippen molar-refractivity contribution in [3.63, 3.8) is 0 Å². The van der Waals surface area contributed by atoms with Gasteiger partial charge in [-0.2, -0.15) is 13.9 Å². The quantitative estimate of drug-likeness (QED) is 0.455. The lowest BCUT2D eigenvalue weighted by Crippen LogP contribution is -2.21. The van der Waals surface area contributed by atoms with Gasteiger partial charge in [0.25, 0.3) is 5.91 Å². The maximum Gasteiger partial charge on any atom is 0.345 e. The van der Waals surface area contributed by atoms with E-state index < -0.39 is 28.5 Å². The summed E-state index contributed by atoms with van der Waals surface area (Å²) in [4.78, 5) is 12.9. The number of aromatic nitrogens is 2. The van der Waals surface area contributed by atoms with Gasteiger partial charge in [0.15, 0.2) is 15.7 Å². The summed E-state index contributed by atoms with van der Waals surface area (Å²) in [6, 6.07) is 11.7. The number of hydrogen-bond donors (Lipinski definition) is 1. The van der Waals surface area contributed by atoms with Gasteiger partial charge in [0.05, 0.1) is 11.5 Å². The maximum atomic E-state index is 12.8. The van der Waals surface area contributed by atoms with Crippen molar-refractivity contribution in [3.8, 4) is 17.2 Å². The summed E-state index contributed by atoms with van der Waals surface area (Å²) >= 11 is 0. The van der Waals surface area contributed by atoms with E-state index in [0.717, 1.165) is 6.26 Å². The van der Waals surface area contributed by atoms with E-state index in [1.165, 1.54) is 54.1 Å². The predicted molar refractivity (Wildman–Crippen MR) is 119 cm³/mol. The van der Waals surface area contributed by atoms with E-state index >= 15 is 0 Å². The molecule has 182 valence electrons. The highest BCUT2D eigenvalue weighted by Gasteiger charge is 2.15. The van der Waals surface area contributed by atoms with Crippen molar-refractivity contribution < 1.29 is 36.2 Å². The van der Waals surface area contributed by atoms with E-state index in [4.69, 9.17) is 9.47 Å². The lowest BCUT2D eigenvalue weighted by molar-refractivity contribution is -0.142. The van der Waals surface area contributed by atoms with E-state index in [-0.39, 0.29) is 28.6 Å². The van der Waals surface area contributed by atoms with Crippen LogP contribution in [0.5, 0.6) is 17.2 Å². The number of anilines is 1. The number of ether oxygens (including phenoxy) is 3. The smallest absolute Gasteiger partial charge is 0.345 e. The summed E-state index contributed by atoms with van der Waals surface area (Å²) < 4.78 is 65.2. The van der Waals surface area contributed by atoms with Gasteiger partial charge >= 0.3 is 6.61 Å². The zero-order valence-electron chi connectivity index (χ0n) is 18.6. The summed E-state index contributed by atoms with van der Waals surface area (Å²) in [5.41, 5.74) is 0.160. The lowest BCUT2D eigenvalue weighted by atomic mass is 10.2. The van der Waals surface area contributed by atoms with Crippen molar-refractivity contribution in [1.29, 1.82) is 0 Å². The molecule has 12 heteroatoms. The van der Waals surface area contributed by atoms with E-state index in [9.17, 15) is 22.0 Å². The van der Waals surface area contributed by atoms with Gasteiger partial charge in [-0.05, 0) is 43.3 Å². The number of alkyl halides is 2. The van der Waals surface area contributed by atoms with Gasteiger partial charge in [0.1, 0.15) is 23.4 Å². The fourth-order valence-corrected chi connectivity index (χ4v) is 3.50. The first-order chi connectivity index (χ1) is 16.0. The molecular formula is C22H23F2N3O6S.